The molecule has 0 radical (unpaired) electrons. The molecule has 1 nitrogen and oxygen atoms in total. The molecular weight excluding hydrogens is 281 g/mol. The van der Waals surface area contributed by atoms with Crippen LogP contribution < -0.4 is 0 Å². The summed E-state index contributed by atoms with van der Waals surface area (Å²) in [6, 6.07) is 5.00. The minimum atomic E-state index is -4.30. The molecule has 0 amide bonds. The van der Waals surface area contributed by atoms with Crippen LogP contribution in [0, 0.1) is 0 Å². The number of benzene rings is 1. The molecule has 1 aromatic carbocycles. The van der Waals surface area contributed by atoms with Gasteiger partial charge in [0, 0.05) is 20.7 Å². The fraction of sp³-hybridized carbons (Fsp3) is 0.167. The molecule has 0 aliphatic heterocycles. The second-order valence-electron chi connectivity index (χ2n) is 3.54. The molecule has 0 saturated carbocycles. The van der Waals surface area contributed by atoms with Crippen LogP contribution in [0.25, 0.3) is 0 Å². The van der Waals surface area contributed by atoms with E-state index in [0.717, 1.165) is 27.5 Å². The Bertz CT molecular complexity index is 517. The molecule has 0 spiro atoms. The SMILES string of the molecule is OCc1cscc1Sc1ccc(C(F)(F)F)cc1. The Labute approximate surface area is 110 Å². The van der Waals surface area contributed by atoms with Crippen LogP contribution in [-0.2, 0) is 12.8 Å². The largest absolute Gasteiger partial charge is 0.416 e. The van der Waals surface area contributed by atoms with E-state index in [1.54, 1.807) is 0 Å². The lowest BCUT2D eigenvalue weighted by atomic mass is 10.2. The fourth-order valence-corrected chi connectivity index (χ4v) is 3.28. The van der Waals surface area contributed by atoms with E-state index in [1.807, 2.05) is 10.8 Å². The molecule has 0 aliphatic rings. The topological polar surface area (TPSA) is 20.2 Å². The Hall–Kier alpha value is -0.980. The van der Waals surface area contributed by atoms with Gasteiger partial charge in [0.25, 0.3) is 0 Å². The van der Waals surface area contributed by atoms with E-state index in [9.17, 15) is 13.2 Å². The van der Waals surface area contributed by atoms with Crippen molar-refractivity contribution in [3.8, 4) is 0 Å². The summed E-state index contributed by atoms with van der Waals surface area (Å²) in [4.78, 5) is 1.60. The highest BCUT2D eigenvalue weighted by Crippen LogP contribution is 2.35. The monoisotopic (exact) mass is 290 g/mol. The van der Waals surface area contributed by atoms with Crippen molar-refractivity contribution < 1.29 is 18.3 Å². The molecule has 0 atom stereocenters. The van der Waals surface area contributed by atoms with Gasteiger partial charge in [0.1, 0.15) is 0 Å². The van der Waals surface area contributed by atoms with E-state index in [0.29, 0.717) is 0 Å². The molecule has 0 unspecified atom stereocenters. The average Bonchev–Trinajstić information content (AvgIpc) is 2.76. The number of alkyl halides is 3. The predicted octanol–water partition coefficient (Wildman–Crippen LogP) is 4.41. The first-order valence-electron chi connectivity index (χ1n) is 5.02. The van der Waals surface area contributed by atoms with Crippen molar-refractivity contribution in [2.45, 2.75) is 22.6 Å². The summed E-state index contributed by atoms with van der Waals surface area (Å²) < 4.78 is 37.1. The third-order valence-corrected chi connectivity index (χ3v) is 4.33. The molecular formula is C12H9F3OS2. The van der Waals surface area contributed by atoms with Crippen LogP contribution in [0.15, 0.2) is 44.8 Å². The number of thiophene rings is 1. The van der Waals surface area contributed by atoms with Crippen LogP contribution in [0.1, 0.15) is 11.1 Å². The molecule has 0 fully saturated rings. The van der Waals surface area contributed by atoms with Gasteiger partial charge >= 0.3 is 6.18 Å². The van der Waals surface area contributed by atoms with Gasteiger partial charge < -0.3 is 5.11 Å². The van der Waals surface area contributed by atoms with Crippen LogP contribution in [0.5, 0.6) is 0 Å². The van der Waals surface area contributed by atoms with Gasteiger partial charge in [0.15, 0.2) is 0 Å². The summed E-state index contributed by atoms with van der Waals surface area (Å²) in [5.41, 5.74) is 0.143. The van der Waals surface area contributed by atoms with E-state index in [-0.39, 0.29) is 6.61 Å². The Balaban J connectivity index is 2.16. The molecule has 1 heterocycles. The molecule has 18 heavy (non-hydrogen) atoms. The maximum absolute atomic E-state index is 12.4. The molecule has 2 aromatic rings. The Morgan fingerprint density at radius 1 is 1.11 bits per heavy atom. The Morgan fingerprint density at radius 2 is 1.78 bits per heavy atom. The maximum atomic E-state index is 12.4. The van der Waals surface area contributed by atoms with Crippen molar-refractivity contribution in [3.63, 3.8) is 0 Å². The van der Waals surface area contributed by atoms with E-state index < -0.39 is 11.7 Å². The molecule has 0 bridgehead atoms. The zero-order valence-corrected chi connectivity index (χ0v) is 10.7. The van der Waals surface area contributed by atoms with Crippen LogP contribution in [-0.4, -0.2) is 5.11 Å². The highest BCUT2D eigenvalue weighted by molar-refractivity contribution is 7.99. The summed E-state index contributed by atoms with van der Waals surface area (Å²) in [7, 11) is 0. The van der Waals surface area contributed by atoms with Crippen molar-refractivity contribution >= 4 is 23.1 Å². The van der Waals surface area contributed by atoms with E-state index in [2.05, 4.69) is 0 Å². The third-order valence-electron chi connectivity index (χ3n) is 2.28. The van der Waals surface area contributed by atoms with Gasteiger partial charge in [-0.15, -0.1) is 0 Å². The van der Waals surface area contributed by atoms with Crippen LogP contribution in [0.4, 0.5) is 13.2 Å². The number of hydrogen-bond donors (Lipinski definition) is 1. The second-order valence-corrected chi connectivity index (χ2v) is 5.40. The lowest BCUT2D eigenvalue weighted by Crippen LogP contribution is -2.03. The van der Waals surface area contributed by atoms with Gasteiger partial charge in [0.2, 0.25) is 0 Å². The predicted molar refractivity (Wildman–Crippen MR) is 65.8 cm³/mol. The van der Waals surface area contributed by atoms with Gasteiger partial charge in [-0.05, 0) is 29.6 Å². The summed E-state index contributed by atoms with van der Waals surface area (Å²) >= 11 is 2.80. The number of halogens is 3. The van der Waals surface area contributed by atoms with Crippen molar-refractivity contribution in [1.82, 2.24) is 0 Å². The highest BCUT2D eigenvalue weighted by atomic mass is 32.2. The van der Waals surface area contributed by atoms with Crippen molar-refractivity contribution in [1.29, 1.82) is 0 Å². The van der Waals surface area contributed by atoms with Crippen LogP contribution >= 0.6 is 23.1 Å². The standard InChI is InChI=1S/C12H9F3OS2/c13-12(14,15)9-1-3-10(4-2-9)18-11-7-17-6-8(11)5-16/h1-4,6-7,16H,5H2. The molecule has 2 rings (SSSR count). The molecule has 0 aliphatic carbocycles. The Kier molecular flexibility index (Phi) is 3.99. The first kappa shape index (κ1) is 13.5. The van der Waals surface area contributed by atoms with Crippen LogP contribution in [0.2, 0.25) is 0 Å². The maximum Gasteiger partial charge on any atom is 0.416 e. The molecule has 0 saturated heterocycles. The Morgan fingerprint density at radius 3 is 2.33 bits per heavy atom. The smallest absolute Gasteiger partial charge is 0.392 e. The fourth-order valence-electron chi connectivity index (χ4n) is 1.36. The lowest BCUT2D eigenvalue weighted by Gasteiger charge is -2.07. The first-order chi connectivity index (χ1) is 8.50. The second kappa shape index (κ2) is 5.34. The number of hydrogen-bond acceptors (Lipinski definition) is 3. The highest BCUT2D eigenvalue weighted by Gasteiger charge is 2.29. The van der Waals surface area contributed by atoms with E-state index >= 15 is 0 Å². The quantitative estimate of drug-likeness (QED) is 0.903. The third kappa shape index (κ3) is 3.07. The number of aliphatic hydroxyl groups excluding tert-OH is 1. The summed E-state index contributed by atoms with van der Waals surface area (Å²) in [6.07, 6.45) is -4.30. The van der Waals surface area contributed by atoms with Gasteiger partial charge in [-0.25, -0.2) is 0 Å². The summed E-state index contributed by atoms with van der Waals surface area (Å²) in [6.45, 7) is -0.0630. The van der Waals surface area contributed by atoms with Gasteiger partial charge in [-0.3, -0.25) is 0 Å². The summed E-state index contributed by atoms with van der Waals surface area (Å²) in [5.74, 6) is 0. The van der Waals surface area contributed by atoms with Crippen molar-refractivity contribution in [3.05, 3.63) is 46.2 Å². The lowest BCUT2D eigenvalue weighted by molar-refractivity contribution is -0.137. The molecule has 6 heteroatoms. The van der Waals surface area contributed by atoms with E-state index in [4.69, 9.17) is 5.11 Å². The van der Waals surface area contributed by atoms with E-state index in [1.165, 1.54) is 35.2 Å². The van der Waals surface area contributed by atoms with Gasteiger partial charge in [0.05, 0.1) is 12.2 Å². The average molecular weight is 290 g/mol. The zero-order chi connectivity index (χ0) is 13.2. The van der Waals surface area contributed by atoms with Gasteiger partial charge in [-0.1, -0.05) is 11.8 Å². The minimum absolute atomic E-state index is 0.0630. The first-order valence-corrected chi connectivity index (χ1v) is 6.77. The number of rotatable bonds is 3. The van der Waals surface area contributed by atoms with Crippen LogP contribution in [0.3, 0.4) is 0 Å². The van der Waals surface area contributed by atoms with Gasteiger partial charge in [-0.2, -0.15) is 24.5 Å². The molecule has 1 aromatic heterocycles. The van der Waals surface area contributed by atoms with Crippen molar-refractivity contribution in [2.75, 3.05) is 0 Å². The van der Waals surface area contributed by atoms with Crippen molar-refractivity contribution in [2.24, 2.45) is 0 Å². The normalized spacial score (nSPS) is 11.8. The summed E-state index contributed by atoms with van der Waals surface area (Å²) in [5, 5.41) is 12.8. The zero-order valence-electron chi connectivity index (χ0n) is 9.07. The number of aliphatic hydroxyl groups is 1. The minimum Gasteiger partial charge on any atom is -0.392 e. The molecule has 96 valence electrons. The molecule has 1 N–H and O–H groups in total.